The van der Waals surface area contributed by atoms with Crippen molar-refractivity contribution in [3.63, 3.8) is 0 Å². The van der Waals surface area contributed by atoms with E-state index in [0.717, 1.165) is 43.3 Å². The molecule has 0 bridgehead atoms. The third kappa shape index (κ3) is 3.79. The van der Waals surface area contributed by atoms with Gasteiger partial charge in [0.2, 0.25) is 5.91 Å². The molecule has 0 spiro atoms. The Morgan fingerprint density at radius 3 is 3.04 bits per heavy atom. The third-order valence-electron chi connectivity index (χ3n) is 4.31. The van der Waals surface area contributed by atoms with E-state index in [2.05, 4.69) is 27.9 Å². The number of aromatic nitrogens is 2. The van der Waals surface area contributed by atoms with Crippen molar-refractivity contribution in [2.24, 2.45) is 0 Å². The van der Waals surface area contributed by atoms with E-state index in [0.29, 0.717) is 5.92 Å². The van der Waals surface area contributed by atoms with Crippen LogP contribution < -0.4 is 5.32 Å². The van der Waals surface area contributed by atoms with E-state index in [1.54, 1.807) is 0 Å². The fraction of sp³-hybridized carbons (Fsp3) is 0.316. The highest BCUT2D eigenvalue weighted by molar-refractivity contribution is 5.87. The molecule has 0 saturated carbocycles. The van der Waals surface area contributed by atoms with Crippen LogP contribution in [0.1, 0.15) is 30.0 Å². The summed E-state index contributed by atoms with van der Waals surface area (Å²) in [6, 6.07) is 9.93. The Kier molecular flexibility index (Phi) is 4.89. The summed E-state index contributed by atoms with van der Waals surface area (Å²) in [6.07, 6.45) is 5.29. The summed E-state index contributed by atoms with van der Waals surface area (Å²) in [4.78, 5) is 22.6. The van der Waals surface area contributed by atoms with Crippen molar-refractivity contribution in [2.75, 3.05) is 18.4 Å². The zero-order valence-electron chi connectivity index (χ0n) is 13.9. The molecule has 1 amide bonds. The van der Waals surface area contributed by atoms with Crippen LogP contribution in [-0.4, -0.2) is 33.9 Å². The van der Waals surface area contributed by atoms with Gasteiger partial charge in [-0.3, -0.25) is 4.79 Å². The molecular formula is C19H22N4O. The van der Waals surface area contributed by atoms with Gasteiger partial charge in [0, 0.05) is 30.9 Å². The lowest BCUT2D eigenvalue weighted by Gasteiger charge is -2.32. The lowest BCUT2D eigenvalue weighted by molar-refractivity contribution is -0.127. The second-order valence-electron chi connectivity index (χ2n) is 6.09. The van der Waals surface area contributed by atoms with Crippen LogP contribution >= 0.6 is 0 Å². The predicted molar refractivity (Wildman–Crippen MR) is 95.2 cm³/mol. The Hall–Kier alpha value is -2.69. The lowest BCUT2D eigenvalue weighted by Crippen LogP contribution is -2.38. The van der Waals surface area contributed by atoms with E-state index < -0.39 is 0 Å². The van der Waals surface area contributed by atoms with Crippen molar-refractivity contribution >= 4 is 17.5 Å². The molecule has 2 aromatic heterocycles. The van der Waals surface area contributed by atoms with Gasteiger partial charge in [0.1, 0.15) is 11.6 Å². The molecule has 3 rings (SSSR count). The molecule has 1 atom stereocenters. The number of hydrogen-bond acceptors (Lipinski definition) is 4. The molecule has 2 aromatic rings. The summed E-state index contributed by atoms with van der Waals surface area (Å²) >= 11 is 0. The molecule has 1 saturated heterocycles. The average Bonchev–Trinajstić information content (AvgIpc) is 2.61. The van der Waals surface area contributed by atoms with Gasteiger partial charge >= 0.3 is 0 Å². The number of carbonyl (C=O) groups excluding carboxylic acids is 1. The van der Waals surface area contributed by atoms with E-state index in [1.165, 1.54) is 11.6 Å². The van der Waals surface area contributed by atoms with Gasteiger partial charge in [-0.25, -0.2) is 9.97 Å². The van der Waals surface area contributed by atoms with Gasteiger partial charge in [-0.2, -0.15) is 0 Å². The molecule has 0 unspecified atom stereocenters. The highest BCUT2D eigenvalue weighted by atomic mass is 16.2. The summed E-state index contributed by atoms with van der Waals surface area (Å²) in [5.41, 5.74) is 2.16. The number of likely N-dealkylation sites (tertiary alicyclic amines) is 1. The molecule has 1 fully saturated rings. The number of nitrogens with zero attached hydrogens (tertiary/aromatic N) is 3. The lowest BCUT2D eigenvalue weighted by atomic mass is 9.91. The Bertz CT molecular complexity index is 744. The van der Waals surface area contributed by atoms with Crippen molar-refractivity contribution in [3.8, 4) is 0 Å². The number of carbonyl (C=O) groups is 1. The van der Waals surface area contributed by atoms with Crippen molar-refractivity contribution in [3.05, 3.63) is 60.4 Å². The molecule has 0 radical (unpaired) electrons. The number of aryl methyl sites for hydroxylation is 1. The highest BCUT2D eigenvalue weighted by Crippen LogP contribution is 2.28. The average molecular weight is 322 g/mol. The number of hydrogen-bond donors (Lipinski definition) is 1. The molecule has 124 valence electrons. The van der Waals surface area contributed by atoms with Gasteiger partial charge in [-0.1, -0.05) is 12.6 Å². The van der Waals surface area contributed by atoms with Crippen LogP contribution in [0.15, 0.2) is 49.2 Å². The summed E-state index contributed by atoms with van der Waals surface area (Å²) in [5.74, 6) is 1.90. The van der Waals surface area contributed by atoms with Crippen LogP contribution in [0.5, 0.6) is 0 Å². The number of nitrogens with one attached hydrogen (secondary N) is 1. The third-order valence-corrected chi connectivity index (χ3v) is 4.31. The Morgan fingerprint density at radius 1 is 1.38 bits per heavy atom. The zero-order chi connectivity index (χ0) is 16.9. The number of rotatable bonds is 4. The molecule has 0 aliphatic carbocycles. The quantitative estimate of drug-likeness (QED) is 0.876. The van der Waals surface area contributed by atoms with E-state index in [1.807, 2.05) is 42.3 Å². The molecule has 3 heterocycles. The van der Waals surface area contributed by atoms with Crippen molar-refractivity contribution in [1.82, 2.24) is 14.9 Å². The maximum absolute atomic E-state index is 11.9. The first-order valence-electron chi connectivity index (χ1n) is 8.23. The van der Waals surface area contributed by atoms with E-state index in [-0.39, 0.29) is 5.91 Å². The minimum absolute atomic E-state index is 0.0102. The molecule has 1 aliphatic heterocycles. The SMILES string of the molecule is C=CC(=O)N1CCC[C@H](c2ccnc(Nc3cccc(C)n3)c2)C1. The normalized spacial score (nSPS) is 17.4. The maximum Gasteiger partial charge on any atom is 0.245 e. The molecule has 5 nitrogen and oxygen atoms in total. The van der Waals surface area contributed by atoms with Crippen LogP contribution in [0.3, 0.4) is 0 Å². The summed E-state index contributed by atoms with van der Waals surface area (Å²) < 4.78 is 0. The van der Waals surface area contributed by atoms with Gasteiger partial charge in [0.15, 0.2) is 0 Å². The smallest absolute Gasteiger partial charge is 0.245 e. The van der Waals surface area contributed by atoms with Crippen LogP contribution in [0.4, 0.5) is 11.6 Å². The Morgan fingerprint density at radius 2 is 2.25 bits per heavy atom. The Balaban J connectivity index is 1.75. The molecule has 24 heavy (non-hydrogen) atoms. The molecule has 0 aromatic carbocycles. The van der Waals surface area contributed by atoms with Crippen molar-refractivity contribution in [1.29, 1.82) is 0 Å². The fourth-order valence-electron chi connectivity index (χ4n) is 3.09. The molecular weight excluding hydrogens is 300 g/mol. The number of pyridine rings is 2. The fourth-order valence-corrected chi connectivity index (χ4v) is 3.09. The predicted octanol–water partition coefficient (Wildman–Crippen LogP) is 3.42. The first kappa shape index (κ1) is 16.2. The summed E-state index contributed by atoms with van der Waals surface area (Å²) in [7, 11) is 0. The van der Waals surface area contributed by atoms with E-state index in [4.69, 9.17) is 0 Å². The van der Waals surface area contributed by atoms with Crippen LogP contribution in [0.25, 0.3) is 0 Å². The molecule has 1 aliphatic rings. The maximum atomic E-state index is 11.9. The van der Waals surface area contributed by atoms with Crippen molar-refractivity contribution < 1.29 is 4.79 Å². The minimum Gasteiger partial charge on any atom is -0.339 e. The van der Waals surface area contributed by atoms with E-state index >= 15 is 0 Å². The molecule has 1 N–H and O–H groups in total. The van der Waals surface area contributed by atoms with Crippen LogP contribution in [-0.2, 0) is 4.79 Å². The second-order valence-corrected chi connectivity index (χ2v) is 6.09. The van der Waals surface area contributed by atoms with Gasteiger partial charge in [0.05, 0.1) is 0 Å². The monoisotopic (exact) mass is 322 g/mol. The molecule has 5 heteroatoms. The number of piperidine rings is 1. The van der Waals surface area contributed by atoms with Crippen LogP contribution in [0, 0.1) is 6.92 Å². The second kappa shape index (κ2) is 7.25. The first-order valence-corrected chi connectivity index (χ1v) is 8.23. The topological polar surface area (TPSA) is 58.1 Å². The summed E-state index contributed by atoms with van der Waals surface area (Å²) in [6.45, 7) is 7.09. The van der Waals surface area contributed by atoms with Gasteiger partial charge < -0.3 is 10.2 Å². The first-order chi connectivity index (χ1) is 11.7. The zero-order valence-corrected chi connectivity index (χ0v) is 13.9. The Labute approximate surface area is 142 Å². The van der Waals surface area contributed by atoms with Crippen molar-refractivity contribution in [2.45, 2.75) is 25.7 Å². The minimum atomic E-state index is 0.0102. The largest absolute Gasteiger partial charge is 0.339 e. The van der Waals surface area contributed by atoms with Gasteiger partial charge in [0.25, 0.3) is 0 Å². The number of amides is 1. The van der Waals surface area contributed by atoms with E-state index in [9.17, 15) is 4.79 Å². The standard InChI is InChI=1S/C19H22N4O/c1-3-19(24)23-11-5-7-16(13-23)15-9-10-20-18(12-15)22-17-8-4-6-14(2)21-17/h3-4,6,8-10,12,16H,1,5,7,11,13H2,2H3,(H,20,21,22)/t16-/m0/s1. The van der Waals surface area contributed by atoms with Crippen LogP contribution in [0.2, 0.25) is 0 Å². The highest BCUT2D eigenvalue weighted by Gasteiger charge is 2.23. The number of anilines is 2. The van der Waals surface area contributed by atoms with Gasteiger partial charge in [-0.05, 0) is 55.7 Å². The van der Waals surface area contributed by atoms with Gasteiger partial charge in [-0.15, -0.1) is 0 Å². The summed E-state index contributed by atoms with van der Waals surface area (Å²) in [5, 5.41) is 3.25.